The summed E-state index contributed by atoms with van der Waals surface area (Å²) in [6.45, 7) is 0.491. The molecule has 1 N–H and O–H groups in total. The largest absolute Gasteiger partial charge is 0.382 e. The highest BCUT2D eigenvalue weighted by Gasteiger charge is 2.44. The van der Waals surface area contributed by atoms with Crippen molar-refractivity contribution in [3.8, 4) is 6.07 Å². The van der Waals surface area contributed by atoms with Crippen LogP contribution in [0.1, 0.15) is 12.8 Å². The Morgan fingerprint density at radius 1 is 1.73 bits per heavy atom. The van der Waals surface area contributed by atoms with Crippen LogP contribution in [-0.2, 0) is 4.74 Å². The van der Waals surface area contributed by atoms with E-state index in [0.29, 0.717) is 12.5 Å². The Balaban J connectivity index is 2.59. The summed E-state index contributed by atoms with van der Waals surface area (Å²) in [5.41, 5.74) is -0.422. The molecule has 0 aromatic heterocycles. The summed E-state index contributed by atoms with van der Waals surface area (Å²) in [5.74, 6) is 0.498. The van der Waals surface area contributed by atoms with E-state index >= 15 is 0 Å². The van der Waals surface area contributed by atoms with E-state index in [9.17, 15) is 0 Å². The molecule has 0 aromatic carbocycles. The first kappa shape index (κ1) is 8.51. The zero-order valence-electron chi connectivity index (χ0n) is 7.05. The van der Waals surface area contributed by atoms with Crippen molar-refractivity contribution in [2.45, 2.75) is 18.4 Å². The summed E-state index contributed by atoms with van der Waals surface area (Å²) in [4.78, 5) is 0. The SMILES string of the molecule is CNC(C#N)(COC)C1CC1. The van der Waals surface area contributed by atoms with Crippen molar-refractivity contribution in [1.29, 1.82) is 5.26 Å². The highest BCUT2D eigenvalue weighted by molar-refractivity contribution is 5.14. The second-order valence-corrected chi connectivity index (χ2v) is 3.04. The monoisotopic (exact) mass is 154 g/mol. The van der Waals surface area contributed by atoms with Crippen molar-refractivity contribution in [3.63, 3.8) is 0 Å². The Kier molecular flexibility index (Phi) is 2.48. The molecule has 1 fully saturated rings. The number of hydrogen-bond donors (Lipinski definition) is 1. The molecule has 0 saturated heterocycles. The highest BCUT2D eigenvalue weighted by atomic mass is 16.5. The zero-order valence-corrected chi connectivity index (χ0v) is 7.05. The maximum atomic E-state index is 8.93. The minimum atomic E-state index is -0.422. The van der Waals surface area contributed by atoms with Crippen LogP contribution in [0.5, 0.6) is 0 Å². The van der Waals surface area contributed by atoms with E-state index in [1.807, 2.05) is 7.05 Å². The molecule has 1 unspecified atom stereocenters. The number of rotatable bonds is 4. The molecule has 0 aliphatic heterocycles. The molecule has 3 heteroatoms. The lowest BCUT2D eigenvalue weighted by atomic mass is 9.97. The molecule has 1 aliphatic rings. The lowest BCUT2D eigenvalue weighted by Gasteiger charge is -2.24. The van der Waals surface area contributed by atoms with Crippen molar-refractivity contribution < 1.29 is 4.74 Å². The Morgan fingerprint density at radius 2 is 2.36 bits per heavy atom. The van der Waals surface area contributed by atoms with Gasteiger partial charge in [-0.1, -0.05) is 0 Å². The topological polar surface area (TPSA) is 45.0 Å². The highest BCUT2D eigenvalue weighted by Crippen LogP contribution is 2.39. The van der Waals surface area contributed by atoms with E-state index < -0.39 is 5.54 Å². The van der Waals surface area contributed by atoms with Gasteiger partial charge in [0, 0.05) is 7.11 Å². The Morgan fingerprint density at radius 3 is 2.64 bits per heavy atom. The standard InChI is InChI=1S/C8H14N2O/c1-10-8(5-9,6-11-2)7-3-4-7/h7,10H,3-4,6H2,1-2H3. The van der Waals surface area contributed by atoms with Gasteiger partial charge in [0.05, 0.1) is 12.7 Å². The van der Waals surface area contributed by atoms with E-state index in [4.69, 9.17) is 10.00 Å². The van der Waals surface area contributed by atoms with Crippen LogP contribution < -0.4 is 5.32 Å². The third-order valence-electron chi connectivity index (χ3n) is 2.29. The van der Waals surface area contributed by atoms with Crippen molar-refractivity contribution in [1.82, 2.24) is 5.32 Å². The van der Waals surface area contributed by atoms with Gasteiger partial charge in [0.2, 0.25) is 0 Å². The van der Waals surface area contributed by atoms with Gasteiger partial charge in [-0.05, 0) is 25.8 Å². The predicted molar refractivity (Wildman–Crippen MR) is 42.0 cm³/mol. The van der Waals surface area contributed by atoms with E-state index in [2.05, 4.69) is 11.4 Å². The molecule has 11 heavy (non-hydrogen) atoms. The zero-order chi connectivity index (χ0) is 8.32. The molecule has 1 saturated carbocycles. The van der Waals surface area contributed by atoms with Crippen LogP contribution in [0.3, 0.4) is 0 Å². The minimum Gasteiger partial charge on any atom is -0.382 e. The van der Waals surface area contributed by atoms with Crippen LogP contribution in [0.4, 0.5) is 0 Å². The van der Waals surface area contributed by atoms with Gasteiger partial charge in [-0.3, -0.25) is 0 Å². The summed E-state index contributed by atoms with van der Waals surface area (Å²) in [7, 11) is 3.45. The Bertz CT molecular complexity index is 171. The van der Waals surface area contributed by atoms with Gasteiger partial charge in [0.25, 0.3) is 0 Å². The van der Waals surface area contributed by atoms with Crippen LogP contribution in [0.25, 0.3) is 0 Å². The quantitative estimate of drug-likeness (QED) is 0.642. The first-order valence-corrected chi connectivity index (χ1v) is 3.88. The van der Waals surface area contributed by atoms with Crippen molar-refractivity contribution in [3.05, 3.63) is 0 Å². The fourth-order valence-corrected chi connectivity index (χ4v) is 1.38. The Hall–Kier alpha value is -0.590. The van der Waals surface area contributed by atoms with Crippen LogP contribution in [-0.4, -0.2) is 26.3 Å². The first-order valence-electron chi connectivity index (χ1n) is 3.88. The van der Waals surface area contributed by atoms with E-state index in [0.717, 1.165) is 12.8 Å². The van der Waals surface area contributed by atoms with Gasteiger partial charge in [-0.25, -0.2) is 0 Å². The predicted octanol–water partition coefficient (Wildman–Crippen LogP) is 0.525. The molecule has 0 heterocycles. The second kappa shape index (κ2) is 3.21. The molecule has 1 atom stereocenters. The van der Waals surface area contributed by atoms with Crippen LogP contribution in [0.15, 0.2) is 0 Å². The number of nitrogens with one attached hydrogen (secondary N) is 1. The number of methoxy groups -OCH3 is 1. The molecular formula is C8H14N2O. The number of hydrogen-bond acceptors (Lipinski definition) is 3. The summed E-state index contributed by atoms with van der Waals surface area (Å²) in [5, 5.41) is 12.0. The number of nitriles is 1. The van der Waals surface area contributed by atoms with Crippen LogP contribution in [0.2, 0.25) is 0 Å². The molecule has 62 valence electrons. The molecule has 1 aliphatic carbocycles. The summed E-state index contributed by atoms with van der Waals surface area (Å²) in [6, 6.07) is 2.29. The van der Waals surface area contributed by atoms with E-state index in [-0.39, 0.29) is 0 Å². The smallest absolute Gasteiger partial charge is 0.132 e. The maximum absolute atomic E-state index is 8.93. The van der Waals surface area contributed by atoms with E-state index in [1.165, 1.54) is 0 Å². The average molecular weight is 154 g/mol. The van der Waals surface area contributed by atoms with Gasteiger partial charge in [-0.2, -0.15) is 5.26 Å². The summed E-state index contributed by atoms with van der Waals surface area (Å²) >= 11 is 0. The normalized spacial score (nSPS) is 22.3. The molecule has 0 radical (unpaired) electrons. The Labute approximate surface area is 67.3 Å². The van der Waals surface area contributed by atoms with Crippen molar-refractivity contribution in [2.24, 2.45) is 5.92 Å². The average Bonchev–Trinajstić information content (AvgIpc) is 2.83. The lowest BCUT2D eigenvalue weighted by molar-refractivity contribution is 0.130. The number of nitrogens with zero attached hydrogens (tertiary/aromatic N) is 1. The molecule has 0 amide bonds. The molecule has 3 nitrogen and oxygen atoms in total. The van der Waals surface area contributed by atoms with Crippen molar-refractivity contribution >= 4 is 0 Å². The number of ether oxygens (including phenoxy) is 1. The molecule has 0 aromatic rings. The van der Waals surface area contributed by atoms with Crippen LogP contribution in [0, 0.1) is 17.2 Å². The fraction of sp³-hybridized carbons (Fsp3) is 0.875. The van der Waals surface area contributed by atoms with Gasteiger partial charge in [0.1, 0.15) is 5.54 Å². The van der Waals surface area contributed by atoms with Gasteiger partial charge in [-0.15, -0.1) is 0 Å². The molecule has 1 rings (SSSR count). The molecular weight excluding hydrogens is 140 g/mol. The maximum Gasteiger partial charge on any atom is 0.132 e. The second-order valence-electron chi connectivity index (χ2n) is 3.04. The number of likely N-dealkylation sites (N-methyl/N-ethyl adjacent to an activating group) is 1. The first-order chi connectivity index (χ1) is 5.29. The summed E-state index contributed by atoms with van der Waals surface area (Å²) < 4.78 is 5.01. The third-order valence-corrected chi connectivity index (χ3v) is 2.29. The molecule has 0 spiro atoms. The lowest BCUT2D eigenvalue weighted by Crippen LogP contribution is -2.47. The van der Waals surface area contributed by atoms with E-state index in [1.54, 1.807) is 7.11 Å². The molecule has 0 bridgehead atoms. The minimum absolute atomic E-state index is 0.422. The van der Waals surface area contributed by atoms with Gasteiger partial charge < -0.3 is 10.1 Å². The van der Waals surface area contributed by atoms with Crippen LogP contribution >= 0.6 is 0 Å². The fourth-order valence-electron chi connectivity index (χ4n) is 1.38. The van der Waals surface area contributed by atoms with Gasteiger partial charge in [0.15, 0.2) is 0 Å². The van der Waals surface area contributed by atoms with Gasteiger partial charge >= 0.3 is 0 Å². The third kappa shape index (κ3) is 1.52. The van der Waals surface area contributed by atoms with Crippen molar-refractivity contribution in [2.75, 3.05) is 20.8 Å². The summed E-state index contributed by atoms with van der Waals surface area (Å²) in [6.07, 6.45) is 2.30.